The molecule has 1 amide bonds. The number of amides is 1. The zero-order valence-electron chi connectivity index (χ0n) is 13.5. The first-order chi connectivity index (χ1) is 11.0. The summed E-state index contributed by atoms with van der Waals surface area (Å²) >= 11 is 1.46. The minimum Gasteiger partial charge on any atom is -0.481 e. The fraction of sp³-hybridized carbons (Fsp3) is 0.471. The minimum atomic E-state index is -0.881. The number of nitrogens with zero attached hydrogens (tertiary/aromatic N) is 1. The molecule has 0 aliphatic rings. The highest BCUT2D eigenvalue weighted by Gasteiger charge is 2.34. The lowest BCUT2D eigenvalue weighted by atomic mass is 9.82. The molecule has 0 aromatic heterocycles. The third kappa shape index (κ3) is 5.61. The third-order valence-corrected chi connectivity index (χ3v) is 5.02. The second kappa shape index (κ2) is 9.21. The highest BCUT2D eigenvalue weighted by molar-refractivity contribution is 7.99. The van der Waals surface area contributed by atoms with Crippen molar-refractivity contribution in [3.63, 3.8) is 0 Å². The maximum atomic E-state index is 11.9. The van der Waals surface area contributed by atoms with Gasteiger partial charge in [-0.2, -0.15) is 5.26 Å². The van der Waals surface area contributed by atoms with Gasteiger partial charge in [0.1, 0.15) is 0 Å². The molecule has 0 aliphatic carbocycles. The fourth-order valence-electron chi connectivity index (χ4n) is 2.13. The molecule has 0 atom stereocenters. The van der Waals surface area contributed by atoms with Crippen LogP contribution in [0.25, 0.3) is 0 Å². The summed E-state index contributed by atoms with van der Waals surface area (Å²) in [6.45, 7) is 3.80. The van der Waals surface area contributed by atoms with E-state index in [-0.39, 0.29) is 18.2 Å². The first kappa shape index (κ1) is 19.0. The van der Waals surface area contributed by atoms with E-state index in [1.165, 1.54) is 11.8 Å². The Balaban J connectivity index is 2.39. The standard InChI is InChI=1S/C17H22N2O3S/c1-3-17(4-2,16(21)22)12-19-15(20)11-23-10-14-7-5-13(9-18)6-8-14/h5-8H,3-4,10-12H2,1-2H3,(H,19,20)(H,21,22). The van der Waals surface area contributed by atoms with E-state index in [2.05, 4.69) is 11.4 Å². The molecule has 0 saturated heterocycles. The molecule has 1 aromatic carbocycles. The Labute approximate surface area is 141 Å². The SMILES string of the molecule is CCC(CC)(CNC(=O)CSCc1ccc(C#N)cc1)C(=O)O. The molecule has 0 bridgehead atoms. The van der Waals surface area contributed by atoms with Gasteiger partial charge >= 0.3 is 5.97 Å². The van der Waals surface area contributed by atoms with Gasteiger partial charge in [-0.05, 0) is 30.5 Å². The number of thioether (sulfide) groups is 1. The fourth-order valence-corrected chi connectivity index (χ4v) is 2.95. The summed E-state index contributed by atoms with van der Waals surface area (Å²) in [4.78, 5) is 23.2. The second-order valence-corrected chi connectivity index (χ2v) is 6.36. The van der Waals surface area contributed by atoms with Crippen LogP contribution in [0.3, 0.4) is 0 Å². The number of carbonyl (C=O) groups excluding carboxylic acids is 1. The van der Waals surface area contributed by atoms with Crippen LogP contribution in [-0.2, 0) is 15.3 Å². The van der Waals surface area contributed by atoms with Crippen molar-refractivity contribution in [3.05, 3.63) is 35.4 Å². The van der Waals surface area contributed by atoms with Crippen molar-refractivity contribution in [1.29, 1.82) is 5.26 Å². The monoisotopic (exact) mass is 334 g/mol. The van der Waals surface area contributed by atoms with Crippen LogP contribution < -0.4 is 5.32 Å². The lowest BCUT2D eigenvalue weighted by Crippen LogP contribution is -2.42. The molecule has 0 heterocycles. The Bertz CT molecular complexity index is 574. The van der Waals surface area contributed by atoms with Crippen LogP contribution in [0.1, 0.15) is 37.8 Å². The number of hydrogen-bond donors (Lipinski definition) is 2. The first-order valence-electron chi connectivity index (χ1n) is 7.54. The third-order valence-electron chi connectivity index (χ3n) is 4.02. The van der Waals surface area contributed by atoms with Gasteiger partial charge in [0.25, 0.3) is 0 Å². The van der Waals surface area contributed by atoms with Crippen molar-refractivity contribution in [1.82, 2.24) is 5.32 Å². The summed E-state index contributed by atoms with van der Waals surface area (Å²) in [5, 5.41) is 20.8. The van der Waals surface area contributed by atoms with Gasteiger partial charge in [-0.3, -0.25) is 9.59 Å². The van der Waals surface area contributed by atoms with Crippen LogP contribution in [-0.4, -0.2) is 29.3 Å². The van der Waals surface area contributed by atoms with E-state index in [4.69, 9.17) is 5.26 Å². The Morgan fingerprint density at radius 2 is 1.87 bits per heavy atom. The van der Waals surface area contributed by atoms with Gasteiger partial charge in [-0.1, -0.05) is 26.0 Å². The summed E-state index contributed by atoms with van der Waals surface area (Å²) in [5.74, 6) is -0.0716. The normalized spacial score (nSPS) is 10.8. The number of nitrogens with one attached hydrogen (secondary N) is 1. The summed E-state index contributed by atoms with van der Waals surface area (Å²) < 4.78 is 0. The van der Waals surface area contributed by atoms with Gasteiger partial charge in [0.15, 0.2) is 0 Å². The maximum Gasteiger partial charge on any atom is 0.311 e. The van der Waals surface area contributed by atoms with Gasteiger partial charge in [0.2, 0.25) is 5.91 Å². The Morgan fingerprint density at radius 1 is 1.26 bits per heavy atom. The van der Waals surface area contributed by atoms with Crippen molar-refractivity contribution in [2.24, 2.45) is 5.41 Å². The number of carboxylic acid groups (broad SMARTS) is 1. The number of benzene rings is 1. The molecule has 5 nitrogen and oxygen atoms in total. The van der Waals surface area contributed by atoms with Crippen LogP contribution in [0.2, 0.25) is 0 Å². The molecule has 6 heteroatoms. The molecule has 0 fully saturated rings. The van der Waals surface area contributed by atoms with Crippen molar-refractivity contribution in [2.75, 3.05) is 12.3 Å². The maximum absolute atomic E-state index is 11.9. The van der Waals surface area contributed by atoms with Gasteiger partial charge in [-0.15, -0.1) is 11.8 Å². The lowest BCUT2D eigenvalue weighted by molar-refractivity contribution is -0.149. The Morgan fingerprint density at radius 3 is 2.35 bits per heavy atom. The quantitative estimate of drug-likeness (QED) is 0.725. The van der Waals surface area contributed by atoms with E-state index in [0.29, 0.717) is 24.2 Å². The summed E-state index contributed by atoms with van der Waals surface area (Å²) in [6, 6.07) is 9.30. The first-order valence-corrected chi connectivity index (χ1v) is 8.69. The molecule has 0 saturated carbocycles. The zero-order valence-corrected chi connectivity index (χ0v) is 14.3. The summed E-state index contributed by atoms with van der Waals surface area (Å²) in [7, 11) is 0. The molecule has 23 heavy (non-hydrogen) atoms. The van der Waals surface area contributed by atoms with Crippen LogP contribution >= 0.6 is 11.8 Å². The van der Waals surface area contributed by atoms with E-state index >= 15 is 0 Å². The number of carboxylic acids is 1. The second-order valence-electron chi connectivity index (χ2n) is 5.37. The Kier molecular flexibility index (Phi) is 7.63. The number of hydrogen-bond acceptors (Lipinski definition) is 4. The number of rotatable bonds is 9. The lowest BCUT2D eigenvalue weighted by Gasteiger charge is -2.26. The van der Waals surface area contributed by atoms with Crippen molar-refractivity contribution >= 4 is 23.6 Å². The summed E-state index contributed by atoms with van der Waals surface area (Å²) in [5.41, 5.74) is 0.775. The molecule has 2 N–H and O–H groups in total. The molecule has 0 spiro atoms. The molecule has 1 aromatic rings. The smallest absolute Gasteiger partial charge is 0.311 e. The largest absolute Gasteiger partial charge is 0.481 e. The van der Waals surface area contributed by atoms with E-state index in [0.717, 1.165) is 5.56 Å². The van der Waals surface area contributed by atoms with Crippen molar-refractivity contribution in [2.45, 2.75) is 32.4 Å². The van der Waals surface area contributed by atoms with E-state index in [1.54, 1.807) is 12.1 Å². The van der Waals surface area contributed by atoms with Crippen LogP contribution in [0.5, 0.6) is 0 Å². The van der Waals surface area contributed by atoms with Gasteiger partial charge in [-0.25, -0.2) is 0 Å². The summed E-state index contributed by atoms with van der Waals surface area (Å²) in [6.07, 6.45) is 0.967. The van der Waals surface area contributed by atoms with Crippen LogP contribution in [0, 0.1) is 16.7 Å². The van der Waals surface area contributed by atoms with E-state index in [9.17, 15) is 14.7 Å². The number of carbonyl (C=O) groups is 2. The van der Waals surface area contributed by atoms with E-state index < -0.39 is 11.4 Å². The average molecular weight is 334 g/mol. The number of aliphatic carboxylic acids is 1. The molecule has 124 valence electrons. The van der Waals surface area contributed by atoms with Crippen molar-refractivity contribution < 1.29 is 14.7 Å². The average Bonchev–Trinajstić information content (AvgIpc) is 2.56. The number of nitriles is 1. The molecular formula is C17H22N2O3S. The molecule has 0 aliphatic heterocycles. The minimum absolute atomic E-state index is 0.156. The molecule has 0 unspecified atom stereocenters. The van der Waals surface area contributed by atoms with Gasteiger partial charge in [0, 0.05) is 12.3 Å². The Hall–Kier alpha value is -2.00. The van der Waals surface area contributed by atoms with E-state index in [1.807, 2.05) is 26.0 Å². The molecule has 1 rings (SSSR count). The van der Waals surface area contributed by atoms with Crippen molar-refractivity contribution in [3.8, 4) is 6.07 Å². The predicted molar refractivity (Wildman–Crippen MR) is 91.0 cm³/mol. The predicted octanol–water partition coefficient (Wildman–Crippen LogP) is 2.80. The molecular weight excluding hydrogens is 312 g/mol. The van der Waals surface area contributed by atoms with Crippen LogP contribution in [0.4, 0.5) is 0 Å². The van der Waals surface area contributed by atoms with Crippen LogP contribution in [0.15, 0.2) is 24.3 Å². The highest BCUT2D eigenvalue weighted by Crippen LogP contribution is 2.25. The highest BCUT2D eigenvalue weighted by atomic mass is 32.2. The topological polar surface area (TPSA) is 90.2 Å². The van der Waals surface area contributed by atoms with Gasteiger partial charge < -0.3 is 10.4 Å². The zero-order chi connectivity index (χ0) is 17.3. The molecule has 0 radical (unpaired) electrons. The van der Waals surface area contributed by atoms with Gasteiger partial charge in [0.05, 0.1) is 22.8 Å².